The molecule has 1 fully saturated rings. The Labute approximate surface area is 94.7 Å². The maximum absolute atomic E-state index is 12.0. The minimum absolute atomic E-state index is 0.0132. The number of rotatable bonds is 3. The van der Waals surface area contributed by atoms with Crippen LogP contribution in [0.3, 0.4) is 0 Å². The molecule has 0 spiro atoms. The van der Waals surface area contributed by atoms with E-state index in [-0.39, 0.29) is 16.8 Å². The molecular weight excluding hydrogens is 228 g/mol. The van der Waals surface area contributed by atoms with Crippen molar-refractivity contribution in [1.82, 2.24) is 14.9 Å². The Morgan fingerprint density at radius 3 is 2.81 bits per heavy atom. The predicted molar refractivity (Wildman–Crippen MR) is 60.1 cm³/mol. The van der Waals surface area contributed by atoms with Crippen LogP contribution in [-0.2, 0) is 10.0 Å². The van der Waals surface area contributed by atoms with Crippen LogP contribution in [0.4, 0.5) is 5.82 Å². The molecule has 0 aromatic carbocycles. The molecule has 0 amide bonds. The molecule has 90 valence electrons. The van der Waals surface area contributed by atoms with Crippen LogP contribution in [0.25, 0.3) is 0 Å². The zero-order valence-corrected chi connectivity index (χ0v) is 9.92. The molecule has 1 aromatic heterocycles. The van der Waals surface area contributed by atoms with E-state index < -0.39 is 10.0 Å². The van der Waals surface area contributed by atoms with E-state index in [1.54, 1.807) is 0 Å². The minimum atomic E-state index is -3.53. The van der Waals surface area contributed by atoms with Crippen molar-refractivity contribution in [1.29, 1.82) is 0 Å². The van der Waals surface area contributed by atoms with Crippen LogP contribution in [0, 0.1) is 5.92 Å². The second kappa shape index (κ2) is 4.06. The van der Waals surface area contributed by atoms with Gasteiger partial charge in [-0.1, -0.05) is 13.3 Å². The number of anilines is 1. The van der Waals surface area contributed by atoms with Crippen LogP contribution in [0.5, 0.6) is 0 Å². The summed E-state index contributed by atoms with van der Waals surface area (Å²) in [6.07, 6.45) is 4.25. The Morgan fingerprint density at radius 2 is 2.31 bits per heavy atom. The lowest BCUT2D eigenvalue weighted by molar-refractivity contribution is 0.476. The van der Waals surface area contributed by atoms with Crippen LogP contribution in [0.1, 0.15) is 26.2 Å². The van der Waals surface area contributed by atoms with E-state index in [1.165, 1.54) is 6.20 Å². The van der Waals surface area contributed by atoms with E-state index in [1.807, 2.05) is 0 Å². The molecule has 1 saturated carbocycles. The molecule has 1 aromatic rings. The number of sulfonamides is 1. The van der Waals surface area contributed by atoms with E-state index in [0.29, 0.717) is 5.92 Å². The monoisotopic (exact) mass is 244 g/mol. The van der Waals surface area contributed by atoms with Gasteiger partial charge in [-0.2, -0.15) is 5.10 Å². The normalized spacial score (nSPS) is 26.1. The Balaban J connectivity index is 2.18. The number of H-pyrrole nitrogens is 1. The van der Waals surface area contributed by atoms with E-state index in [4.69, 9.17) is 5.73 Å². The average molecular weight is 244 g/mol. The highest BCUT2D eigenvalue weighted by molar-refractivity contribution is 7.89. The van der Waals surface area contributed by atoms with Gasteiger partial charge in [0.05, 0.1) is 6.20 Å². The third-order valence-corrected chi connectivity index (χ3v) is 4.61. The summed E-state index contributed by atoms with van der Waals surface area (Å²) in [4.78, 5) is 0.0339. The number of nitrogens with two attached hydrogens (primary N) is 1. The van der Waals surface area contributed by atoms with Gasteiger partial charge in [0.25, 0.3) is 0 Å². The smallest absolute Gasteiger partial charge is 0.246 e. The second-order valence-corrected chi connectivity index (χ2v) is 5.97. The minimum Gasteiger partial charge on any atom is -0.383 e. The SMILES string of the molecule is CC1CCCC1NS(=O)(=O)c1cn[nH]c1N. The van der Waals surface area contributed by atoms with Crippen molar-refractivity contribution in [3.8, 4) is 0 Å². The molecular formula is C9H16N4O2S. The fourth-order valence-electron chi connectivity index (χ4n) is 2.08. The van der Waals surface area contributed by atoms with Crippen molar-refractivity contribution >= 4 is 15.8 Å². The quantitative estimate of drug-likeness (QED) is 0.719. The molecule has 2 atom stereocenters. The molecule has 0 aliphatic heterocycles. The highest BCUT2D eigenvalue weighted by atomic mass is 32.2. The van der Waals surface area contributed by atoms with Gasteiger partial charge in [-0.15, -0.1) is 0 Å². The van der Waals surface area contributed by atoms with Gasteiger partial charge in [0.2, 0.25) is 10.0 Å². The fraction of sp³-hybridized carbons (Fsp3) is 0.667. The molecule has 7 heteroatoms. The predicted octanol–water partition coefficient (Wildman–Crippen LogP) is 0.459. The first-order valence-corrected chi connectivity index (χ1v) is 6.80. The van der Waals surface area contributed by atoms with E-state index >= 15 is 0 Å². The highest BCUT2D eigenvalue weighted by Gasteiger charge is 2.29. The first-order valence-electron chi connectivity index (χ1n) is 5.32. The molecule has 0 saturated heterocycles. The largest absolute Gasteiger partial charge is 0.383 e. The number of nitrogens with zero attached hydrogens (tertiary/aromatic N) is 1. The maximum atomic E-state index is 12.0. The van der Waals surface area contributed by atoms with Gasteiger partial charge in [-0.3, -0.25) is 5.10 Å². The van der Waals surface area contributed by atoms with E-state index in [0.717, 1.165) is 19.3 Å². The number of aromatic amines is 1. The Bertz CT molecular complexity index is 468. The lowest BCUT2D eigenvalue weighted by Crippen LogP contribution is -2.36. The third kappa shape index (κ3) is 2.05. The molecule has 2 rings (SSSR count). The summed E-state index contributed by atoms with van der Waals surface area (Å²) in [5, 5.41) is 6.03. The van der Waals surface area contributed by atoms with Crippen molar-refractivity contribution in [3.63, 3.8) is 0 Å². The molecule has 1 aliphatic carbocycles. The maximum Gasteiger partial charge on any atom is 0.246 e. The summed E-state index contributed by atoms with van der Waals surface area (Å²) in [7, 11) is -3.53. The van der Waals surface area contributed by atoms with Gasteiger partial charge < -0.3 is 5.73 Å². The van der Waals surface area contributed by atoms with Crippen molar-refractivity contribution in [2.24, 2.45) is 5.92 Å². The molecule has 0 bridgehead atoms. The summed E-state index contributed by atoms with van der Waals surface area (Å²) >= 11 is 0. The Morgan fingerprint density at radius 1 is 1.56 bits per heavy atom. The van der Waals surface area contributed by atoms with Crippen LogP contribution in [-0.4, -0.2) is 24.7 Å². The van der Waals surface area contributed by atoms with E-state index in [9.17, 15) is 8.42 Å². The molecule has 2 unspecified atom stereocenters. The number of nitrogen functional groups attached to an aromatic ring is 1. The number of nitrogens with one attached hydrogen (secondary N) is 2. The fourth-order valence-corrected chi connectivity index (χ4v) is 3.48. The zero-order chi connectivity index (χ0) is 11.8. The number of aromatic nitrogens is 2. The van der Waals surface area contributed by atoms with Gasteiger partial charge in [0, 0.05) is 6.04 Å². The van der Waals surface area contributed by atoms with Gasteiger partial charge >= 0.3 is 0 Å². The first kappa shape index (κ1) is 11.4. The van der Waals surface area contributed by atoms with Gasteiger partial charge in [0.15, 0.2) is 0 Å². The second-order valence-electron chi connectivity index (χ2n) is 4.28. The highest BCUT2D eigenvalue weighted by Crippen LogP contribution is 2.26. The molecule has 16 heavy (non-hydrogen) atoms. The molecule has 1 aliphatic rings. The summed E-state index contributed by atoms with van der Waals surface area (Å²) in [5.41, 5.74) is 5.50. The topological polar surface area (TPSA) is 101 Å². The Hall–Kier alpha value is -1.08. The molecule has 4 N–H and O–H groups in total. The van der Waals surface area contributed by atoms with Gasteiger partial charge in [-0.05, 0) is 18.8 Å². The Kier molecular flexibility index (Phi) is 2.90. The third-order valence-electron chi connectivity index (χ3n) is 3.09. The molecule has 1 heterocycles. The summed E-state index contributed by atoms with van der Waals surface area (Å²) in [6, 6.07) is 0.0132. The van der Waals surface area contributed by atoms with Crippen LogP contribution >= 0.6 is 0 Å². The van der Waals surface area contributed by atoms with Crippen molar-refractivity contribution in [2.75, 3.05) is 5.73 Å². The number of hydrogen-bond acceptors (Lipinski definition) is 4. The zero-order valence-electron chi connectivity index (χ0n) is 9.10. The van der Waals surface area contributed by atoms with Crippen LogP contribution in [0.2, 0.25) is 0 Å². The van der Waals surface area contributed by atoms with E-state index in [2.05, 4.69) is 21.8 Å². The van der Waals surface area contributed by atoms with Crippen molar-refractivity contribution in [2.45, 2.75) is 37.1 Å². The van der Waals surface area contributed by atoms with Crippen LogP contribution in [0.15, 0.2) is 11.1 Å². The lowest BCUT2D eigenvalue weighted by atomic mass is 10.1. The number of hydrogen-bond donors (Lipinski definition) is 3. The van der Waals surface area contributed by atoms with Gasteiger partial charge in [0.1, 0.15) is 10.7 Å². The summed E-state index contributed by atoms with van der Waals surface area (Å²) in [5.74, 6) is 0.459. The van der Waals surface area contributed by atoms with Gasteiger partial charge in [-0.25, -0.2) is 13.1 Å². The van der Waals surface area contributed by atoms with Crippen molar-refractivity contribution in [3.05, 3.63) is 6.20 Å². The summed E-state index contributed by atoms with van der Waals surface area (Å²) in [6.45, 7) is 2.05. The lowest BCUT2D eigenvalue weighted by Gasteiger charge is -2.16. The van der Waals surface area contributed by atoms with Crippen LogP contribution < -0.4 is 10.5 Å². The average Bonchev–Trinajstić information content (AvgIpc) is 2.76. The first-order chi connectivity index (χ1) is 7.50. The standard InChI is InChI=1S/C9H16N4O2S/c1-6-3-2-4-7(6)13-16(14,15)8-5-11-12-9(8)10/h5-7,13H,2-4H2,1H3,(H3,10,11,12). The van der Waals surface area contributed by atoms with Crippen molar-refractivity contribution < 1.29 is 8.42 Å². The molecule has 0 radical (unpaired) electrons. The summed E-state index contributed by atoms with van der Waals surface area (Å²) < 4.78 is 26.6. The molecule has 6 nitrogen and oxygen atoms in total.